The van der Waals surface area contributed by atoms with Gasteiger partial charge in [0.1, 0.15) is 18.6 Å². The summed E-state index contributed by atoms with van der Waals surface area (Å²) in [5, 5.41) is 11.1. The number of nitrogens with zero attached hydrogens (tertiary/aromatic N) is 4. The fourth-order valence-electron chi connectivity index (χ4n) is 3.14. The van der Waals surface area contributed by atoms with Crippen molar-refractivity contribution in [2.45, 2.75) is 6.42 Å². The molecule has 0 spiro atoms. The SMILES string of the molecule is O=C(Nc1cccc(-n2cnnc2)c1)C1CCN(c2ccc(Cl)c(Cl)c2)C1=O. The Balaban J connectivity index is 1.48. The molecule has 142 valence electrons. The summed E-state index contributed by atoms with van der Waals surface area (Å²) in [7, 11) is 0. The van der Waals surface area contributed by atoms with Crippen LogP contribution in [0.1, 0.15) is 6.42 Å². The number of anilines is 2. The summed E-state index contributed by atoms with van der Waals surface area (Å²) in [4.78, 5) is 27.0. The molecule has 0 saturated carbocycles. The number of aromatic nitrogens is 3. The van der Waals surface area contributed by atoms with Gasteiger partial charge in [0.2, 0.25) is 11.8 Å². The Labute approximate surface area is 170 Å². The van der Waals surface area contributed by atoms with Crippen molar-refractivity contribution < 1.29 is 9.59 Å². The first-order valence-electron chi connectivity index (χ1n) is 8.55. The van der Waals surface area contributed by atoms with E-state index in [9.17, 15) is 9.59 Å². The minimum Gasteiger partial charge on any atom is -0.325 e. The molecule has 1 atom stereocenters. The highest BCUT2D eigenvalue weighted by molar-refractivity contribution is 6.42. The molecule has 1 fully saturated rings. The van der Waals surface area contributed by atoms with E-state index in [1.165, 1.54) is 0 Å². The molecule has 0 bridgehead atoms. The van der Waals surface area contributed by atoms with E-state index in [4.69, 9.17) is 23.2 Å². The van der Waals surface area contributed by atoms with Crippen LogP contribution in [0.4, 0.5) is 11.4 Å². The van der Waals surface area contributed by atoms with E-state index in [1.807, 2.05) is 12.1 Å². The third-order valence-electron chi connectivity index (χ3n) is 4.57. The Morgan fingerprint density at radius 3 is 2.57 bits per heavy atom. The standard InChI is InChI=1S/C19H15Cl2N5O2/c20-16-5-4-14(9-17(16)21)26-7-6-15(19(26)28)18(27)24-12-2-1-3-13(8-12)25-10-22-23-11-25/h1-5,8-11,15H,6-7H2,(H,24,27). The fourth-order valence-corrected chi connectivity index (χ4v) is 3.43. The van der Waals surface area contributed by atoms with Crippen LogP contribution >= 0.6 is 23.2 Å². The molecule has 1 aromatic heterocycles. The van der Waals surface area contributed by atoms with Gasteiger partial charge in [-0.25, -0.2) is 0 Å². The second-order valence-corrected chi connectivity index (χ2v) is 7.15. The predicted octanol–water partition coefficient (Wildman–Crippen LogP) is 3.57. The van der Waals surface area contributed by atoms with Crippen molar-refractivity contribution >= 4 is 46.4 Å². The highest BCUT2D eigenvalue weighted by atomic mass is 35.5. The van der Waals surface area contributed by atoms with Crippen molar-refractivity contribution in [2.75, 3.05) is 16.8 Å². The van der Waals surface area contributed by atoms with Gasteiger partial charge in [-0.05, 0) is 42.8 Å². The van der Waals surface area contributed by atoms with E-state index >= 15 is 0 Å². The number of benzene rings is 2. The van der Waals surface area contributed by atoms with Crippen molar-refractivity contribution in [3.05, 3.63) is 65.2 Å². The van der Waals surface area contributed by atoms with E-state index in [0.29, 0.717) is 34.4 Å². The molecule has 1 aliphatic rings. The summed E-state index contributed by atoms with van der Waals surface area (Å²) in [6.45, 7) is 0.440. The topological polar surface area (TPSA) is 80.1 Å². The molecule has 2 aromatic carbocycles. The summed E-state index contributed by atoms with van der Waals surface area (Å²) in [5.74, 6) is -1.35. The fraction of sp³-hybridized carbons (Fsp3) is 0.158. The van der Waals surface area contributed by atoms with Gasteiger partial charge in [0, 0.05) is 17.9 Å². The van der Waals surface area contributed by atoms with Crippen molar-refractivity contribution in [1.82, 2.24) is 14.8 Å². The summed E-state index contributed by atoms with van der Waals surface area (Å²) in [6.07, 6.45) is 3.56. The lowest BCUT2D eigenvalue weighted by atomic mass is 10.1. The minimum absolute atomic E-state index is 0.258. The minimum atomic E-state index is -0.756. The van der Waals surface area contributed by atoms with Crippen LogP contribution in [0.2, 0.25) is 10.0 Å². The van der Waals surface area contributed by atoms with Crippen molar-refractivity contribution in [3.63, 3.8) is 0 Å². The van der Waals surface area contributed by atoms with Crippen LogP contribution in [0, 0.1) is 5.92 Å². The van der Waals surface area contributed by atoms with E-state index in [2.05, 4.69) is 15.5 Å². The number of hydrogen-bond acceptors (Lipinski definition) is 4. The van der Waals surface area contributed by atoms with Crippen molar-refractivity contribution in [1.29, 1.82) is 0 Å². The molecule has 1 unspecified atom stereocenters. The van der Waals surface area contributed by atoms with Gasteiger partial charge < -0.3 is 10.2 Å². The average molecular weight is 416 g/mol. The molecule has 1 saturated heterocycles. The van der Waals surface area contributed by atoms with Gasteiger partial charge in [-0.1, -0.05) is 29.3 Å². The Morgan fingerprint density at radius 2 is 1.82 bits per heavy atom. The molecule has 0 radical (unpaired) electrons. The van der Waals surface area contributed by atoms with Gasteiger partial charge in [-0.3, -0.25) is 14.2 Å². The molecular formula is C19H15Cl2N5O2. The van der Waals surface area contributed by atoms with Gasteiger partial charge in [-0.2, -0.15) is 0 Å². The second kappa shape index (κ2) is 7.61. The molecule has 2 amide bonds. The maximum Gasteiger partial charge on any atom is 0.239 e. The first kappa shape index (κ1) is 18.5. The van der Waals surface area contributed by atoms with Crippen LogP contribution in [-0.4, -0.2) is 33.1 Å². The summed E-state index contributed by atoms with van der Waals surface area (Å²) < 4.78 is 1.72. The Hall–Kier alpha value is -2.90. The first-order chi connectivity index (χ1) is 13.5. The largest absolute Gasteiger partial charge is 0.325 e. The lowest BCUT2D eigenvalue weighted by Crippen LogP contribution is -2.33. The molecule has 7 nitrogen and oxygen atoms in total. The van der Waals surface area contributed by atoms with Gasteiger partial charge in [0.05, 0.1) is 15.7 Å². The maximum atomic E-state index is 12.8. The van der Waals surface area contributed by atoms with E-state index in [1.54, 1.807) is 52.5 Å². The molecule has 2 heterocycles. The highest BCUT2D eigenvalue weighted by Crippen LogP contribution is 2.31. The van der Waals surface area contributed by atoms with Gasteiger partial charge in [0.15, 0.2) is 0 Å². The highest BCUT2D eigenvalue weighted by Gasteiger charge is 2.37. The van der Waals surface area contributed by atoms with E-state index in [0.717, 1.165) is 5.69 Å². The number of carbonyl (C=O) groups excluding carboxylic acids is 2. The lowest BCUT2D eigenvalue weighted by Gasteiger charge is -2.17. The second-order valence-electron chi connectivity index (χ2n) is 6.34. The zero-order valence-electron chi connectivity index (χ0n) is 14.5. The summed E-state index contributed by atoms with van der Waals surface area (Å²) in [6, 6.07) is 12.2. The number of hydrogen-bond donors (Lipinski definition) is 1. The van der Waals surface area contributed by atoms with Gasteiger partial charge in [-0.15, -0.1) is 10.2 Å². The summed E-state index contributed by atoms with van der Waals surface area (Å²) in [5.41, 5.74) is 2.03. The predicted molar refractivity (Wildman–Crippen MR) is 107 cm³/mol. The molecular weight excluding hydrogens is 401 g/mol. The molecule has 1 aliphatic heterocycles. The lowest BCUT2D eigenvalue weighted by molar-refractivity contribution is -0.129. The van der Waals surface area contributed by atoms with Crippen LogP contribution in [0.3, 0.4) is 0 Å². The molecule has 28 heavy (non-hydrogen) atoms. The molecule has 0 aliphatic carbocycles. The quantitative estimate of drug-likeness (QED) is 0.660. The van der Waals surface area contributed by atoms with Crippen molar-refractivity contribution in [2.24, 2.45) is 5.92 Å². The first-order valence-corrected chi connectivity index (χ1v) is 9.31. The molecule has 1 N–H and O–H groups in total. The Bertz CT molecular complexity index is 1040. The Kier molecular flexibility index (Phi) is 5.02. The van der Waals surface area contributed by atoms with Crippen LogP contribution in [-0.2, 0) is 9.59 Å². The normalized spacial score (nSPS) is 16.4. The van der Waals surface area contributed by atoms with Gasteiger partial charge in [0.25, 0.3) is 0 Å². The van der Waals surface area contributed by atoms with Crippen LogP contribution < -0.4 is 10.2 Å². The molecule has 3 aromatic rings. The van der Waals surface area contributed by atoms with Crippen LogP contribution in [0.15, 0.2) is 55.1 Å². The van der Waals surface area contributed by atoms with Gasteiger partial charge >= 0.3 is 0 Å². The maximum absolute atomic E-state index is 12.8. The van der Waals surface area contributed by atoms with Crippen molar-refractivity contribution in [3.8, 4) is 5.69 Å². The number of halogens is 2. The average Bonchev–Trinajstić information content (AvgIpc) is 3.34. The smallest absolute Gasteiger partial charge is 0.239 e. The zero-order chi connectivity index (χ0) is 19.7. The number of amides is 2. The Morgan fingerprint density at radius 1 is 1.04 bits per heavy atom. The van der Waals surface area contributed by atoms with E-state index in [-0.39, 0.29) is 11.8 Å². The monoisotopic (exact) mass is 415 g/mol. The van der Waals surface area contributed by atoms with Crippen LogP contribution in [0.25, 0.3) is 5.69 Å². The third-order valence-corrected chi connectivity index (χ3v) is 5.31. The summed E-state index contributed by atoms with van der Waals surface area (Å²) >= 11 is 12.0. The van der Waals surface area contributed by atoms with Crippen LogP contribution in [0.5, 0.6) is 0 Å². The third kappa shape index (κ3) is 3.58. The van der Waals surface area contributed by atoms with E-state index < -0.39 is 5.92 Å². The number of rotatable bonds is 4. The zero-order valence-corrected chi connectivity index (χ0v) is 16.1. The number of nitrogens with one attached hydrogen (secondary N) is 1. The molecule has 4 rings (SSSR count). The number of carbonyl (C=O) groups is 2. The molecule has 9 heteroatoms.